The number of aryl methyl sites for hydroxylation is 1. The molecule has 2 aromatic heterocycles. The maximum Gasteiger partial charge on any atom is 0.270 e. The number of non-ortho nitro benzene ring substituents is 1. The summed E-state index contributed by atoms with van der Waals surface area (Å²) < 4.78 is 42.6. The van der Waals surface area contributed by atoms with Gasteiger partial charge in [0, 0.05) is 45.5 Å². The fraction of sp³-hybridized carbons (Fsp3) is 0.0500. The van der Waals surface area contributed by atoms with Crippen molar-refractivity contribution in [3.8, 4) is 11.1 Å². The van der Waals surface area contributed by atoms with Gasteiger partial charge in [0.15, 0.2) is 5.65 Å². The lowest BCUT2D eigenvalue weighted by molar-refractivity contribution is -0.384. The Hall–Kier alpha value is -3.11. The highest BCUT2D eigenvalue weighted by molar-refractivity contribution is 9.10. The van der Waals surface area contributed by atoms with E-state index < -0.39 is 20.8 Å². The molecule has 0 atom stereocenters. The molecule has 0 unspecified atom stereocenters. The monoisotopic (exact) mass is 489 g/mol. The normalized spacial score (nSPS) is 11.7. The molecule has 0 spiro atoms. The number of hydrogen-bond donors (Lipinski definition) is 0. The number of nitro benzene ring substituents is 1. The van der Waals surface area contributed by atoms with Crippen LogP contribution in [-0.4, -0.2) is 22.3 Å². The Morgan fingerprint density at radius 2 is 1.80 bits per heavy atom. The molecule has 4 aromatic rings. The van der Waals surface area contributed by atoms with Gasteiger partial charge < -0.3 is 0 Å². The van der Waals surface area contributed by atoms with Crippen molar-refractivity contribution in [1.29, 1.82) is 0 Å². The van der Waals surface area contributed by atoms with E-state index in [1.165, 1.54) is 24.5 Å². The van der Waals surface area contributed by atoms with Gasteiger partial charge in [0.2, 0.25) is 0 Å². The van der Waals surface area contributed by atoms with E-state index in [1.807, 2.05) is 6.92 Å². The van der Waals surface area contributed by atoms with Gasteiger partial charge in [-0.25, -0.2) is 21.8 Å². The third-order valence-corrected chi connectivity index (χ3v) is 6.71. The first-order valence-electron chi connectivity index (χ1n) is 8.61. The Bertz CT molecular complexity index is 1420. The van der Waals surface area contributed by atoms with E-state index in [4.69, 9.17) is 0 Å². The zero-order chi connectivity index (χ0) is 21.6. The minimum absolute atomic E-state index is 0.0424. The van der Waals surface area contributed by atoms with Gasteiger partial charge in [-0.15, -0.1) is 0 Å². The summed E-state index contributed by atoms with van der Waals surface area (Å²) >= 11 is 3.28. The number of nitro groups is 1. The maximum absolute atomic E-state index is 14.6. The fourth-order valence-electron chi connectivity index (χ4n) is 3.11. The van der Waals surface area contributed by atoms with Gasteiger partial charge in [0.25, 0.3) is 15.7 Å². The van der Waals surface area contributed by atoms with Crippen molar-refractivity contribution < 1.29 is 17.7 Å². The van der Waals surface area contributed by atoms with E-state index in [0.29, 0.717) is 9.86 Å². The quantitative estimate of drug-likeness (QED) is 0.295. The van der Waals surface area contributed by atoms with Crippen molar-refractivity contribution in [2.24, 2.45) is 0 Å². The van der Waals surface area contributed by atoms with Gasteiger partial charge >= 0.3 is 0 Å². The predicted molar refractivity (Wildman–Crippen MR) is 113 cm³/mol. The zero-order valence-corrected chi connectivity index (χ0v) is 17.8. The first kappa shape index (κ1) is 20.2. The van der Waals surface area contributed by atoms with Crippen molar-refractivity contribution in [3.05, 3.63) is 86.9 Å². The van der Waals surface area contributed by atoms with Crippen molar-refractivity contribution in [1.82, 2.24) is 8.96 Å². The zero-order valence-electron chi connectivity index (χ0n) is 15.4. The number of benzene rings is 2. The van der Waals surface area contributed by atoms with Crippen LogP contribution in [0.15, 0.2) is 70.3 Å². The number of halogens is 2. The minimum Gasteiger partial charge on any atom is -0.258 e. The van der Waals surface area contributed by atoms with Crippen molar-refractivity contribution >= 4 is 42.7 Å². The molecule has 0 saturated heterocycles. The van der Waals surface area contributed by atoms with Crippen molar-refractivity contribution in [2.45, 2.75) is 11.8 Å². The van der Waals surface area contributed by atoms with Crippen LogP contribution in [0.5, 0.6) is 0 Å². The van der Waals surface area contributed by atoms with E-state index in [-0.39, 0.29) is 27.4 Å². The summed E-state index contributed by atoms with van der Waals surface area (Å²) in [6, 6.07) is 11.0. The largest absolute Gasteiger partial charge is 0.270 e. The van der Waals surface area contributed by atoms with Crippen LogP contribution in [0.4, 0.5) is 10.1 Å². The van der Waals surface area contributed by atoms with E-state index in [1.54, 1.807) is 18.2 Å². The molecule has 2 heterocycles. The molecule has 0 bridgehead atoms. The van der Waals surface area contributed by atoms with Crippen LogP contribution in [0.2, 0.25) is 0 Å². The second kappa shape index (κ2) is 7.29. The highest BCUT2D eigenvalue weighted by atomic mass is 79.9. The van der Waals surface area contributed by atoms with Gasteiger partial charge in [0.1, 0.15) is 5.82 Å². The van der Waals surface area contributed by atoms with Crippen molar-refractivity contribution in [3.63, 3.8) is 0 Å². The molecule has 7 nitrogen and oxygen atoms in total. The molecular weight excluding hydrogens is 477 g/mol. The molecule has 0 radical (unpaired) electrons. The Labute approximate surface area is 179 Å². The van der Waals surface area contributed by atoms with Crippen LogP contribution >= 0.6 is 15.9 Å². The van der Waals surface area contributed by atoms with E-state index in [0.717, 1.165) is 27.7 Å². The Kier molecular flexibility index (Phi) is 4.91. The second-order valence-corrected chi connectivity index (χ2v) is 9.33. The van der Waals surface area contributed by atoms with Crippen LogP contribution < -0.4 is 0 Å². The number of nitrogens with zero attached hydrogens (tertiary/aromatic N) is 3. The average Bonchev–Trinajstić information content (AvgIpc) is 3.07. The van der Waals surface area contributed by atoms with E-state index in [9.17, 15) is 22.9 Å². The molecule has 0 aliphatic heterocycles. The maximum atomic E-state index is 14.6. The SMILES string of the molecule is Cc1ccc(S(=O)(=O)n2cc(-c3cc([N+](=O)[O-])ccc3F)c3cc(Br)cnc32)cc1. The molecule has 0 fully saturated rings. The first-order chi connectivity index (χ1) is 14.2. The molecule has 152 valence electrons. The lowest BCUT2D eigenvalue weighted by atomic mass is 10.0. The third-order valence-electron chi connectivity index (χ3n) is 4.61. The molecular formula is C20H13BrFN3O4S. The summed E-state index contributed by atoms with van der Waals surface area (Å²) in [6.07, 6.45) is 2.67. The lowest BCUT2D eigenvalue weighted by Crippen LogP contribution is -2.12. The van der Waals surface area contributed by atoms with Gasteiger partial charge in [-0.3, -0.25) is 10.1 Å². The molecule has 2 aromatic carbocycles. The molecule has 0 aliphatic rings. The molecule has 4 rings (SSSR count). The fourth-order valence-corrected chi connectivity index (χ4v) is 4.76. The van der Waals surface area contributed by atoms with Crippen LogP contribution in [-0.2, 0) is 10.0 Å². The topological polar surface area (TPSA) is 95.1 Å². The smallest absolute Gasteiger partial charge is 0.258 e. The highest BCUT2D eigenvalue weighted by Crippen LogP contribution is 2.36. The van der Waals surface area contributed by atoms with E-state index >= 15 is 0 Å². The molecule has 0 saturated carbocycles. The summed E-state index contributed by atoms with van der Waals surface area (Å²) in [5.41, 5.74) is 0.756. The molecule has 10 heteroatoms. The number of fused-ring (bicyclic) bond motifs is 1. The summed E-state index contributed by atoms with van der Waals surface area (Å²) in [6.45, 7) is 1.84. The average molecular weight is 490 g/mol. The van der Waals surface area contributed by atoms with Crippen LogP contribution in [0.1, 0.15) is 5.56 Å². The Morgan fingerprint density at radius 1 is 1.10 bits per heavy atom. The van der Waals surface area contributed by atoms with Gasteiger partial charge in [0.05, 0.1) is 9.82 Å². The summed E-state index contributed by atoms with van der Waals surface area (Å²) in [7, 11) is -4.04. The lowest BCUT2D eigenvalue weighted by Gasteiger charge is -2.07. The standard InChI is InChI=1S/C20H13BrFN3O4S/c1-12-2-5-15(6-3-12)30(28,29)24-11-18(17-8-13(21)10-23-20(17)24)16-9-14(25(26)27)4-7-19(16)22/h2-11H,1H3. The highest BCUT2D eigenvalue weighted by Gasteiger charge is 2.25. The number of pyridine rings is 1. The minimum atomic E-state index is -4.04. The summed E-state index contributed by atoms with van der Waals surface area (Å²) in [4.78, 5) is 14.8. The number of aromatic nitrogens is 2. The van der Waals surface area contributed by atoms with Crippen LogP contribution in [0.25, 0.3) is 22.2 Å². The van der Waals surface area contributed by atoms with E-state index in [2.05, 4.69) is 20.9 Å². The first-order valence-corrected chi connectivity index (χ1v) is 10.8. The van der Waals surface area contributed by atoms with Crippen LogP contribution in [0.3, 0.4) is 0 Å². The van der Waals surface area contributed by atoms with Crippen LogP contribution in [0, 0.1) is 22.9 Å². The van der Waals surface area contributed by atoms with Gasteiger partial charge in [-0.1, -0.05) is 17.7 Å². The van der Waals surface area contributed by atoms with Gasteiger partial charge in [-0.05, 0) is 47.1 Å². The van der Waals surface area contributed by atoms with Gasteiger partial charge in [-0.2, -0.15) is 0 Å². The summed E-state index contributed by atoms with van der Waals surface area (Å²) in [5.74, 6) is -0.715. The Balaban J connectivity index is 2.03. The molecule has 0 N–H and O–H groups in total. The second-order valence-electron chi connectivity index (χ2n) is 6.60. The molecule has 0 aliphatic carbocycles. The third kappa shape index (κ3) is 3.37. The predicted octanol–water partition coefficient (Wildman–Crippen LogP) is 5.06. The molecule has 30 heavy (non-hydrogen) atoms. The Morgan fingerprint density at radius 3 is 2.47 bits per heavy atom. The van der Waals surface area contributed by atoms with Crippen molar-refractivity contribution in [2.75, 3.05) is 0 Å². The molecule has 0 amide bonds. The number of hydrogen-bond acceptors (Lipinski definition) is 5. The summed E-state index contributed by atoms with van der Waals surface area (Å²) in [5, 5.41) is 11.5. The number of rotatable bonds is 4.